The lowest BCUT2D eigenvalue weighted by molar-refractivity contribution is -0.394. The number of nitro groups is 2. The Morgan fingerprint density at radius 3 is 2.52 bits per heavy atom. The van der Waals surface area contributed by atoms with E-state index in [1.54, 1.807) is 36.7 Å². The van der Waals surface area contributed by atoms with Gasteiger partial charge in [-0.05, 0) is 42.0 Å². The molecule has 0 spiro atoms. The van der Waals surface area contributed by atoms with Gasteiger partial charge in [0.05, 0.1) is 45.9 Å². The fourth-order valence-corrected chi connectivity index (χ4v) is 3.24. The Morgan fingerprint density at radius 1 is 1.06 bits per heavy atom. The molecule has 4 rings (SSSR count). The second kappa shape index (κ2) is 8.99. The molecule has 0 saturated carbocycles. The summed E-state index contributed by atoms with van der Waals surface area (Å²) < 4.78 is 7.45. The van der Waals surface area contributed by atoms with E-state index < -0.39 is 21.2 Å². The minimum atomic E-state index is -0.738. The number of aromatic nitrogens is 2. The number of nitriles is 1. The molecule has 4 aromatic rings. The third-order valence-electron chi connectivity index (χ3n) is 4.81. The summed E-state index contributed by atoms with van der Waals surface area (Å²) in [7, 11) is 0. The summed E-state index contributed by atoms with van der Waals surface area (Å²) in [5, 5.41) is 31.7. The maximum atomic E-state index is 11.3. The van der Waals surface area contributed by atoms with E-state index in [1.165, 1.54) is 6.07 Å². The van der Waals surface area contributed by atoms with Crippen molar-refractivity contribution in [1.82, 2.24) is 9.55 Å². The number of nitrogens with zero attached hydrogens (tertiary/aromatic N) is 5. The standard InChI is InChI=1S/C23H15N5O5/c24-13-17(14-26-15-25-20-3-1-2-4-21(20)26)11-16-5-8-19(9-6-16)33-23-10-7-18(27(29)30)12-22(23)28(31)32/h1-12,15H,14H2/b17-11-. The molecule has 1 aromatic heterocycles. The predicted octanol–water partition coefficient (Wildman–Crippen LogP) is 5.25. The van der Waals surface area contributed by atoms with Crippen molar-refractivity contribution in [3.63, 3.8) is 0 Å². The van der Waals surface area contributed by atoms with Crippen LogP contribution >= 0.6 is 0 Å². The molecule has 0 aliphatic rings. The highest BCUT2D eigenvalue weighted by atomic mass is 16.6. The third-order valence-corrected chi connectivity index (χ3v) is 4.81. The lowest BCUT2D eigenvalue weighted by atomic mass is 10.1. The first-order chi connectivity index (χ1) is 15.9. The van der Waals surface area contributed by atoms with Crippen molar-refractivity contribution in [2.75, 3.05) is 0 Å². The van der Waals surface area contributed by atoms with Crippen LogP contribution < -0.4 is 4.74 Å². The number of allylic oxidation sites excluding steroid dienone is 1. The van der Waals surface area contributed by atoms with E-state index in [9.17, 15) is 25.5 Å². The van der Waals surface area contributed by atoms with Gasteiger partial charge in [-0.2, -0.15) is 5.26 Å². The molecule has 0 unspecified atom stereocenters. The van der Waals surface area contributed by atoms with Gasteiger partial charge < -0.3 is 9.30 Å². The van der Waals surface area contributed by atoms with Crippen LogP contribution in [0, 0.1) is 31.6 Å². The molecule has 0 fully saturated rings. The van der Waals surface area contributed by atoms with Crippen LogP contribution in [0.5, 0.6) is 11.5 Å². The number of benzene rings is 3. The van der Waals surface area contributed by atoms with E-state index in [-0.39, 0.29) is 5.75 Å². The zero-order chi connectivity index (χ0) is 23.4. The van der Waals surface area contributed by atoms with E-state index in [0.717, 1.165) is 28.7 Å². The summed E-state index contributed by atoms with van der Waals surface area (Å²) in [4.78, 5) is 25.0. The van der Waals surface area contributed by atoms with Crippen molar-refractivity contribution in [3.8, 4) is 17.6 Å². The van der Waals surface area contributed by atoms with Gasteiger partial charge in [0.1, 0.15) is 5.75 Å². The van der Waals surface area contributed by atoms with Gasteiger partial charge in [0.25, 0.3) is 5.69 Å². The summed E-state index contributed by atoms with van der Waals surface area (Å²) in [5.74, 6) is 0.196. The average molecular weight is 441 g/mol. The number of para-hydroxylation sites is 2. The summed E-state index contributed by atoms with van der Waals surface area (Å²) in [6, 6.07) is 19.6. The molecule has 10 heteroatoms. The van der Waals surface area contributed by atoms with Crippen molar-refractivity contribution in [2.45, 2.75) is 6.54 Å². The number of ether oxygens (including phenoxy) is 1. The summed E-state index contributed by atoms with van der Waals surface area (Å²) in [5.41, 5.74) is 2.11. The van der Waals surface area contributed by atoms with Crippen LogP contribution in [-0.4, -0.2) is 19.4 Å². The van der Waals surface area contributed by atoms with E-state index >= 15 is 0 Å². The van der Waals surface area contributed by atoms with Crippen molar-refractivity contribution in [3.05, 3.63) is 104 Å². The Bertz CT molecular complexity index is 1430. The lowest BCUT2D eigenvalue weighted by Gasteiger charge is -2.07. The zero-order valence-electron chi connectivity index (χ0n) is 17.0. The molecule has 0 aliphatic carbocycles. The van der Waals surface area contributed by atoms with Crippen LogP contribution in [0.15, 0.2) is 78.6 Å². The van der Waals surface area contributed by atoms with Gasteiger partial charge in [-0.15, -0.1) is 0 Å². The van der Waals surface area contributed by atoms with Crippen LogP contribution in [0.1, 0.15) is 5.56 Å². The first-order valence-electron chi connectivity index (χ1n) is 9.66. The SMILES string of the molecule is N#C/C(=C/c1ccc(Oc2ccc([N+](=O)[O-])cc2[N+](=O)[O-])cc1)Cn1cnc2ccccc21. The number of hydrogen-bond acceptors (Lipinski definition) is 7. The van der Waals surface area contributed by atoms with Crippen LogP contribution in [-0.2, 0) is 6.54 Å². The summed E-state index contributed by atoms with van der Waals surface area (Å²) in [6.45, 7) is 0.351. The molecule has 162 valence electrons. The molecule has 0 radical (unpaired) electrons. The van der Waals surface area contributed by atoms with Crippen LogP contribution in [0.2, 0.25) is 0 Å². The van der Waals surface area contributed by atoms with Crippen LogP contribution in [0.3, 0.4) is 0 Å². The topological polar surface area (TPSA) is 137 Å². The van der Waals surface area contributed by atoms with Gasteiger partial charge >= 0.3 is 5.69 Å². The Hall–Kier alpha value is -5.04. The molecule has 0 aliphatic heterocycles. The Morgan fingerprint density at radius 2 is 1.82 bits per heavy atom. The van der Waals surface area contributed by atoms with Gasteiger partial charge in [0.15, 0.2) is 0 Å². The molecule has 0 amide bonds. The first-order valence-corrected chi connectivity index (χ1v) is 9.66. The van der Waals surface area contributed by atoms with Crippen LogP contribution in [0.25, 0.3) is 17.1 Å². The van der Waals surface area contributed by atoms with Crippen LogP contribution in [0.4, 0.5) is 11.4 Å². The highest BCUT2D eigenvalue weighted by Crippen LogP contribution is 2.34. The van der Waals surface area contributed by atoms with Gasteiger partial charge in [0.2, 0.25) is 5.75 Å². The number of fused-ring (bicyclic) bond motifs is 1. The monoisotopic (exact) mass is 441 g/mol. The van der Waals surface area contributed by atoms with E-state index in [2.05, 4.69) is 11.1 Å². The Labute approximate surface area is 186 Å². The highest BCUT2D eigenvalue weighted by Gasteiger charge is 2.21. The van der Waals surface area contributed by atoms with Gasteiger partial charge in [-0.3, -0.25) is 20.2 Å². The minimum absolute atomic E-state index is 0.112. The number of nitro benzene ring substituents is 2. The number of non-ortho nitro benzene ring substituents is 1. The average Bonchev–Trinajstić information content (AvgIpc) is 3.22. The molecular formula is C23H15N5O5. The van der Waals surface area contributed by atoms with Crippen molar-refractivity contribution < 1.29 is 14.6 Å². The minimum Gasteiger partial charge on any atom is -0.450 e. The van der Waals surface area contributed by atoms with Crippen molar-refractivity contribution in [2.24, 2.45) is 0 Å². The third kappa shape index (κ3) is 4.67. The fourth-order valence-electron chi connectivity index (χ4n) is 3.24. The number of hydrogen-bond donors (Lipinski definition) is 0. The maximum Gasteiger partial charge on any atom is 0.318 e. The predicted molar refractivity (Wildman–Crippen MR) is 120 cm³/mol. The smallest absolute Gasteiger partial charge is 0.318 e. The molecule has 0 saturated heterocycles. The quantitative estimate of drug-likeness (QED) is 0.217. The lowest BCUT2D eigenvalue weighted by Crippen LogP contribution is -1.98. The van der Waals surface area contributed by atoms with E-state index in [0.29, 0.717) is 17.9 Å². The Kier molecular flexibility index (Phi) is 5.77. The number of imidazole rings is 1. The highest BCUT2D eigenvalue weighted by molar-refractivity contribution is 5.75. The Balaban J connectivity index is 1.53. The van der Waals surface area contributed by atoms with Gasteiger partial charge in [0, 0.05) is 11.6 Å². The first kappa shape index (κ1) is 21.2. The molecule has 33 heavy (non-hydrogen) atoms. The molecule has 1 heterocycles. The maximum absolute atomic E-state index is 11.3. The number of rotatable bonds is 7. The van der Waals surface area contributed by atoms with E-state index in [4.69, 9.17) is 4.74 Å². The molecule has 0 N–H and O–H groups in total. The largest absolute Gasteiger partial charge is 0.450 e. The molecule has 0 atom stereocenters. The molecular weight excluding hydrogens is 426 g/mol. The molecule has 3 aromatic carbocycles. The zero-order valence-corrected chi connectivity index (χ0v) is 17.0. The van der Waals surface area contributed by atoms with Crippen molar-refractivity contribution >= 4 is 28.5 Å². The van der Waals surface area contributed by atoms with Crippen molar-refractivity contribution in [1.29, 1.82) is 5.26 Å². The van der Waals surface area contributed by atoms with Gasteiger partial charge in [-0.1, -0.05) is 24.3 Å². The normalized spacial score (nSPS) is 11.2. The van der Waals surface area contributed by atoms with E-state index in [1.807, 2.05) is 28.8 Å². The molecule has 10 nitrogen and oxygen atoms in total. The van der Waals surface area contributed by atoms with Gasteiger partial charge in [-0.25, -0.2) is 4.98 Å². The molecule has 0 bridgehead atoms. The summed E-state index contributed by atoms with van der Waals surface area (Å²) >= 11 is 0. The summed E-state index contributed by atoms with van der Waals surface area (Å²) in [6.07, 6.45) is 3.41. The second-order valence-electron chi connectivity index (χ2n) is 6.98. The second-order valence-corrected chi connectivity index (χ2v) is 6.98. The fraction of sp³-hybridized carbons (Fsp3) is 0.0435.